The van der Waals surface area contributed by atoms with Crippen molar-refractivity contribution in [3.05, 3.63) is 83.6 Å². The molecular formula is C32H33N5O5. The summed E-state index contributed by atoms with van der Waals surface area (Å²) in [4.78, 5) is 28.9. The molecule has 2 aliphatic rings. The fourth-order valence-electron chi connectivity index (χ4n) is 5.82. The Morgan fingerprint density at radius 1 is 0.976 bits per heavy atom. The van der Waals surface area contributed by atoms with Gasteiger partial charge in [-0.1, -0.05) is 18.2 Å². The molecule has 0 aliphatic carbocycles. The Balaban J connectivity index is 1.01. The van der Waals surface area contributed by atoms with E-state index in [1.165, 1.54) is 7.11 Å². The van der Waals surface area contributed by atoms with E-state index in [1.54, 1.807) is 6.07 Å². The van der Waals surface area contributed by atoms with Crippen LogP contribution in [0.2, 0.25) is 0 Å². The number of hydrogen-bond acceptors (Lipinski definition) is 9. The maximum atomic E-state index is 12.2. The van der Waals surface area contributed by atoms with E-state index in [4.69, 9.17) is 28.6 Å². The summed E-state index contributed by atoms with van der Waals surface area (Å²) in [6.45, 7) is 4.38. The van der Waals surface area contributed by atoms with Crippen LogP contribution in [0, 0.1) is 0 Å². The van der Waals surface area contributed by atoms with Crippen molar-refractivity contribution in [3.63, 3.8) is 0 Å². The number of aromatic nitrogens is 4. The minimum Gasteiger partial charge on any atom is -0.468 e. The van der Waals surface area contributed by atoms with E-state index in [-0.39, 0.29) is 18.7 Å². The van der Waals surface area contributed by atoms with Crippen molar-refractivity contribution >= 4 is 28.1 Å². The summed E-state index contributed by atoms with van der Waals surface area (Å²) in [6.07, 6.45) is 3.21. The smallest absolute Gasteiger partial charge is 0.337 e. The van der Waals surface area contributed by atoms with Gasteiger partial charge in [0, 0.05) is 24.3 Å². The Bertz CT molecular complexity index is 1680. The van der Waals surface area contributed by atoms with Crippen molar-refractivity contribution in [2.75, 3.05) is 26.8 Å². The lowest BCUT2D eigenvalue weighted by Crippen LogP contribution is -2.35. The summed E-state index contributed by atoms with van der Waals surface area (Å²) in [7, 11) is 1.40. The zero-order valence-electron chi connectivity index (χ0n) is 23.6. The van der Waals surface area contributed by atoms with E-state index >= 15 is 0 Å². The van der Waals surface area contributed by atoms with Gasteiger partial charge in [-0.25, -0.2) is 19.7 Å². The molecule has 10 nitrogen and oxygen atoms in total. The number of nitrogens with zero attached hydrogens (tertiary/aromatic N) is 5. The number of esters is 1. The molecule has 2 aliphatic heterocycles. The van der Waals surface area contributed by atoms with Crippen molar-refractivity contribution in [1.29, 1.82) is 0 Å². The molecule has 0 amide bonds. The van der Waals surface area contributed by atoms with Gasteiger partial charge in [-0.2, -0.15) is 0 Å². The monoisotopic (exact) mass is 567 g/mol. The second kappa shape index (κ2) is 11.5. The summed E-state index contributed by atoms with van der Waals surface area (Å²) in [5.74, 6) is 2.12. The van der Waals surface area contributed by atoms with Crippen LogP contribution < -0.4 is 4.74 Å². The third-order valence-electron chi connectivity index (χ3n) is 8.23. The molecule has 10 heteroatoms. The predicted molar refractivity (Wildman–Crippen MR) is 155 cm³/mol. The molecule has 216 valence electrons. The van der Waals surface area contributed by atoms with Gasteiger partial charge >= 0.3 is 5.97 Å². The molecule has 0 N–H and O–H groups in total. The number of methoxy groups -OCH3 is 1. The second-order valence-corrected chi connectivity index (χ2v) is 10.9. The van der Waals surface area contributed by atoms with Gasteiger partial charge in [-0.05, 0) is 68.8 Å². The molecule has 2 aromatic carbocycles. The topological polar surface area (TPSA) is 105 Å². The van der Waals surface area contributed by atoms with Crippen molar-refractivity contribution in [2.45, 2.75) is 51.0 Å². The molecule has 3 aromatic heterocycles. The number of para-hydroxylation sites is 2. The number of pyridine rings is 1. The second-order valence-electron chi connectivity index (χ2n) is 10.9. The SMILES string of the molecule is COC(=O)c1ccc2nc(CN3CCC(c4cccc(OCc5nc6ccccc6o5)n4)CC3)n(C[C@@H]3CCO3)c2c1. The van der Waals surface area contributed by atoms with Crippen molar-refractivity contribution in [2.24, 2.45) is 0 Å². The third kappa shape index (κ3) is 5.47. The highest BCUT2D eigenvalue weighted by molar-refractivity contribution is 5.93. The molecule has 5 heterocycles. The molecule has 2 saturated heterocycles. The Morgan fingerprint density at radius 3 is 2.62 bits per heavy atom. The first kappa shape index (κ1) is 26.6. The van der Waals surface area contributed by atoms with Crippen LogP contribution in [0.3, 0.4) is 0 Å². The molecule has 0 spiro atoms. The predicted octanol–water partition coefficient (Wildman–Crippen LogP) is 5.11. The number of oxazole rings is 1. The van der Waals surface area contributed by atoms with Gasteiger partial charge in [-0.15, -0.1) is 0 Å². The van der Waals surface area contributed by atoms with Gasteiger partial charge in [0.15, 0.2) is 12.2 Å². The van der Waals surface area contributed by atoms with Gasteiger partial charge in [0.25, 0.3) is 0 Å². The molecule has 0 unspecified atom stereocenters. The molecular weight excluding hydrogens is 534 g/mol. The molecule has 2 fully saturated rings. The summed E-state index contributed by atoms with van der Waals surface area (Å²) >= 11 is 0. The van der Waals surface area contributed by atoms with Crippen LogP contribution in [0.25, 0.3) is 22.1 Å². The van der Waals surface area contributed by atoms with Crippen molar-refractivity contribution < 1.29 is 23.4 Å². The number of imidazole rings is 1. The molecule has 0 radical (unpaired) electrons. The van der Waals surface area contributed by atoms with E-state index < -0.39 is 0 Å². The number of benzene rings is 2. The average Bonchev–Trinajstić information content (AvgIpc) is 3.58. The maximum Gasteiger partial charge on any atom is 0.337 e. The number of ether oxygens (including phenoxy) is 3. The number of fused-ring (bicyclic) bond motifs is 2. The van der Waals surface area contributed by atoms with E-state index in [0.29, 0.717) is 23.3 Å². The minimum atomic E-state index is -0.345. The first-order valence-corrected chi connectivity index (χ1v) is 14.5. The quantitative estimate of drug-likeness (QED) is 0.225. The number of rotatable bonds is 9. The Labute approximate surface area is 243 Å². The Kier molecular flexibility index (Phi) is 7.31. The third-order valence-corrected chi connectivity index (χ3v) is 8.23. The van der Waals surface area contributed by atoms with Gasteiger partial charge in [0.05, 0.1) is 42.9 Å². The van der Waals surface area contributed by atoms with Crippen molar-refractivity contribution in [1.82, 2.24) is 24.4 Å². The van der Waals surface area contributed by atoms with E-state index in [1.807, 2.05) is 48.5 Å². The van der Waals surface area contributed by atoms with E-state index in [9.17, 15) is 4.79 Å². The van der Waals surface area contributed by atoms with Crippen LogP contribution in [0.1, 0.15) is 52.9 Å². The summed E-state index contributed by atoms with van der Waals surface area (Å²) < 4.78 is 24.6. The highest BCUT2D eigenvalue weighted by atomic mass is 16.5. The molecule has 1 atom stereocenters. The van der Waals surface area contributed by atoms with Crippen LogP contribution in [0.5, 0.6) is 5.88 Å². The molecule has 7 rings (SSSR count). The summed E-state index contributed by atoms with van der Waals surface area (Å²) in [6, 6.07) is 19.2. The largest absolute Gasteiger partial charge is 0.468 e. The number of likely N-dealkylation sites (tertiary alicyclic amines) is 1. The van der Waals surface area contributed by atoms with Crippen LogP contribution in [0.4, 0.5) is 0 Å². The normalized spacial score (nSPS) is 17.9. The molecule has 0 bridgehead atoms. The van der Waals surface area contributed by atoms with Crippen molar-refractivity contribution in [3.8, 4) is 5.88 Å². The zero-order valence-corrected chi connectivity index (χ0v) is 23.6. The number of hydrogen-bond donors (Lipinski definition) is 0. The number of carbonyl (C=O) groups is 1. The standard InChI is InChI=1S/C32H33N5O5/c1-39-32(38)22-9-10-25-27(17-22)37(18-23-13-16-40-23)29(33-25)19-36-14-11-21(12-15-36)24-6-4-8-30(34-24)41-20-31-35-26-5-2-3-7-28(26)42-31/h2-10,17,21,23H,11-16,18-20H2,1H3/t23-/m0/s1. The Hall–Kier alpha value is -4.28. The number of carbonyl (C=O) groups excluding carboxylic acids is 1. The van der Waals surface area contributed by atoms with Gasteiger partial charge in [0.1, 0.15) is 11.3 Å². The highest BCUT2D eigenvalue weighted by Gasteiger charge is 2.26. The summed E-state index contributed by atoms with van der Waals surface area (Å²) in [5, 5.41) is 0. The van der Waals surface area contributed by atoms with Crippen LogP contribution in [-0.4, -0.2) is 63.3 Å². The highest BCUT2D eigenvalue weighted by Crippen LogP contribution is 2.30. The van der Waals surface area contributed by atoms with Gasteiger partial charge in [-0.3, -0.25) is 4.90 Å². The van der Waals surface area contributed by atoms with Gasteiger partial charge < -0.3 is 23.2 Å². The van der Waals surface area contributed by atoms with Crippen LogP contribution in [0.15, 0.2) is 65.1 Å². The maximum absolute atomic E-state index is 12.2. The lowest BCUT2D eigenvalue weighted by atomic mass is 9.93. The minimum absolute atomic E-state index is 0.178. The molecule has 5 aromatic rings. The lowest BCUT2D eigenvalue weighted by molar-refractivity contribution is -0.0592. The zero-order chi connectivity index (χ0) is 28.5. The fraction of sp³-hybridized carbons (Fsp3) is 0.375. The molecule has 0 saturated carbocycles. The van der Waals surface area contributed by atoms with Gasteiger partial charge in [0.2, 0.25) is 11.8 Å². The average molecular weight is 568 g/mol. The fourth-order valence-corrected chi connectivity index (χ4v) is 5.82. The molecule has 42 heavy (non-hydrogen) atoms. The van der Waals surface area contributed by atoms with E-state index in [0.717, 1.165) is 85.7 Å². The van der Waals surface area contributed by atoms with Crippen LogP contribution >= 0.6 is 0 Å². The Morgan fingerprint density at radius 2 is 1.83 bits per heavy atom. The summed E-state index contributed by atoms with van der Waals surface area (Å²) in [5.41, 5.74) is 4.97. The van der Waals surface area contributed by atoms with Crippen LogP contribution in [-0.2, 0) is 29.2 Å². The van der Waals surface area contributed by atoms with E-state index in [2.05, 4.69) is 20.5 Å². The first-order valence-electron chi connectivity index (χ1n) is 14.5. The number of piperidine rings is 1. The first-order chi connectivity index (χ1) is 20.6. The lowest BCUT2D eigenvalue weighted by Gasteiger charge is -2.32.